The first-order valence-corrected chi connectivity index (χ1v) is 11.1. The molecule has 0 atom stereocenters. The Morgan fingerprint density at radius 1 is 0.968 bits per heavy atom. The fourth-order valence-corrected chi connectivity index (χ4v) is 3.55. The zero-order valence-corrected chi connectivity index (χ0v) is 23.9. The number of rotatable bonds is 9. The summed E-state index contributed by atoms with van der Waals surface area (Å²) in [5, 5.41) is 14.9. The van der Waals surface area contributed by atoms with E-state index in [0.717, 1.165) is 25.2 Å². The molecule has 4 nitrogen and oxygen atoms in total. The smallest absolute Gasteiger partial charge is 0.545 e. The number of aromatic carboxylic acids is 1. The maximum absolute atomic E-state index is 11.0. The second-order valence-corrected chi connectivity index (χ2v) is 7.84. The first-order chi connectivity index (χ1) is 13.8. The first kappa shape index (κ1) is 33.6. The third kappa shape index (κ3) is 11.9. The van der Waals surface area contributed by atoms with Crippen LogP contribution in [0, 0.1) is 6.92 Å². The van der Waals surface area contributed by atoms with Crippen LogP contribution in [0.25, 0.3) is 0 Å². The molecule has 2 aromatic carbocycles. The number of carbonyl (C=O) groups is 1. The maximum Gasteiger partial charge on any atom is 1.00 e. The zero-order chi connectivity index (χ0) is 21.8. The molecule has 11 heteroatoms. The number of hydrogen-bond acceptors (Lipinski definition) is 4. The molecule has 1 N–H and O–H groups in total. The van der Waals surface area contributed by atoms with Gasteiger partial charge >= 0.3 is 29.6 Å². The van der Waals surface area contributed by atoms with Crippen molar-refractivity contribution in [1.82, 2.24) is 4.90 Å². The van der Waals surface area contributed by atoms with Crippen LogP contribution in [0.1, 0.15) is 15.9 Å². The van der Waals surface area contributed by atoms with Crippen molar-refractivity contribution in [2.24, 2.45) is 0 Å². The van der Waals surface area contributed by atoms with Gasteiger partial charge in [-0.3, -0.25) is 4.90 Å². The molecule has 2 rings (SSSR count). The summed E-state index contributed by atoms with van der Waals surface area (Å²) < 4.78 is 0. The summed E-state index contributed by atoms with van der Waals surface area (Å²) in [7, 11) is 0. The normalized spacial score (nSPS) is 9.77. The van der Waals surface area contributed by atoms with Crippen molar-refractivity contribution in [1.29, 1.82) is 0 Å². The predicted octanol–water partition coefficient (Wildman–Crippen LogP) is 2.84. The van der Waals surface area contributed by atoms with Crippen LogP contribution in [0.4, 0.5) is 11.4 Å². The number of nitrogens with one attached hydrogen (secondary N) is 1. The van der Waals surface area contributed by atoms with Gasteiger partial charge in [0.1, 0.15) is 0 Å². The standard InChI is InChI=1S/C14H11Cl2NO2.C6H12Cl3N.ClH.Na/c1-8-6-7-10(15)13(12(8)16)17-11-5-3-2-4-9(11)14(18)19;7-1-4-10(5-2-8)6-3-9;;/h2-7,17H,1H3,(H,18,19);1-6H2;1H;/q;;;+1/p-1. The van der Waals surface area contributed by atoms with Gasteiger partial charge < -0.3 is 15.2 Å². The van der Waals surface area contributed by atoms with Gasteiger partial charge in [0, 0.05) is 48.5 Å². The van der Waals surface area contributed by atoms with Crippen molar-refractivity contribution < 1.29 is 39.5 Å². The fourth-order valence-electron chi connectivity index (χ4n) is 2.37. The molecule has 0 unspecified atom stereocenters. The molecule has 0 fully saturated rings. The van der Waals surface area contributed by atoms with Crippen LogP contribution in [-0.4, -0.2) is 48.1 Å². The molecule has 0 amide bonds. The van der Waals surface area contributed by atoms with Crippen LogP contribution in [-0.2, 0) is 0 Å². The van der Waals surface area contributed by atoms with E-state index in [4.69, 9.17) is 58.0 Å². The number of halogens is 6. The quantitative estimate of drug-likeness (QED) is 0.380. The molecule has 0 radical (unpaired) electrons. The van der Waals surface area contributed by atoms with Gasteiger partial charge in [0.15, 0.2) is 0 Å². The second kappa shape index (κ2) is 18.8. The van der Waals surface area contributed by atoms with Crippen molar-refractivity contribution in [3.05, 3.63) is 57.6 Å². The minimum atomic E-state index is -1.26. The molecule has 31 heavy (non-hydrogen) atoms. The molecule has 0 saturated carbocycles. The number of aryl methyl sites for hydroxylation is 1. The van der Waals surface area contributed by atoms with E-state index in [0.29, 0.717) is 39.1 Å². The number of para-hydroxylation sites is 1. The van der Waals surface area contributed by atoms with E-state index < -0.39 is 5.97 Å². The summed E-state index contributed by atoms with van der Waals surface area (Å²) in [6.45, 7) is 4.47. The van der Waals surface area contributed by atoms with Crippen LogP contribution in [0.15, 0.2) is 36.4 Å². The molecule has 0 saturated heterocycles. The Hall–Kier alpha value is 0.410. The van der Waals surface area contributed by atoms with Gasteiger partial charge in [0.25, 0.3) is 0 Å². The van der Waals surface area contributed by atoms with E-state index in [1.54, 1.807) is 30.3 Å². The summed E-state index contributed by atoms with van der Waals surface area (Å²) in [4.78, 5) is 13.2. The average Bonchev–Trinajstić information content (AvgIpc) is 2.69. The molecule has 168 valence electrons. The number of carboxylic acids is 1. The van der Waals surface area contributed by atoms with E-state index in [-0.39, 0.29) is 47.5 Å². The zero-order valence-electron chi connectivity index (χ0n) is 17.3. The van der Waals surface area contributed by atoms with E-state index >= 15 is 0 Å². The van der Waals surface area contributed by atoms with Gasteiger partial charge in [0.2, 0.25) is 0 Å². The molecule has 0 aliphatic rings. The number of carbonyl (C=O) groups excluding carboxylic acids is 1. The third-order valence-electron chi connectivity index (χ3n) is 3.89. The molecule has 0 bridgehead atoms. The Bertz CT molecular complexity index is 784. The van der Waals surface area contributed by atoms with Crippen LogP contribution in [0.2, 0.25) is 10.0 Å². The Balaban J connectivity index is 0. The maximum atomic E-state index is 11.0. The molecular weight excluding hydrogens is 536 g/mol. The Morgan fingerprint density at radius 2 is 1.48 bits per heavy atom. The molecule has 0 aromatic heterocycles. The SMILES string of the molecule is Cc1ccc(Cl)c(Nc2ccccc2C(=O)[O-])c1Cl.Cl.ClCCN(CCCl)CCCl.[Na+]. The second-order valence-electron chi connectivity index (χ2n) is 5.92. The summed E-state index contributed by atoms with van der Waals surface area (Å²) in [6, 6.07) is 9.91. The largest absolute Gasteiger partial charge is 1.00 e. The molecule has 0 aliphatic heterocycles. The molecule has 0 heterocycles. The van der Waals surface area contributed by atoms with Gasteiger partial charge in [-0.15, -0.1) is 47.2 Å². The van der Waals surface area contributed by atoms with E-state index in [1.165, 1.54) is 6.07 Å². The monoisotopic (exact) mass is 556 g/mol. The summed E-state index contributed by atoms with van der Waals surface area (Å²) >= 11 is 28.9. The van der Waals surface area contributed by atoms with Gasteiger partial charge in [-0.25, -0.2) is 0 Å². The molecule has 0 spiro atoms. The van der Waals surface area contributed by atoms with Crippen molar-refractivity contribution in [3.63, 3.8) is 0 Å². The Morgan fingerprint density at radius 3 is 1.97 bits per heavy atom. The van der Waals surface area contributed by atoms with Crippen LogP contribution < -0.4 is 40.0 Å². The van der Waals surface area contributed by atoms with E-state index in [2.05, 4.69) is 10.2 Å². The number of alkyl halides is 3. The third-order valence-corrected chi connectivity index (χ3v) is 5.20. The topological polar surface area (TPSA) is 55.4 Å². The Labute approximate surface area is 237 Å². The minimum Gasteiger partial charge on any atom is -0.545 e. The molecular formula is C20H23Cl6N2NaO2. The van der Waals surface area contributed by atoms with Crippen LogP contribution in [0.3, 0.4) is 0 Å². The van der Waals surface area contributed by atoms with Gasteiger partial charge in [0.05, 0.1) is 21.7 Å². The van der Waals surface area contributed by atoms with Crippen molar-refractivity contribution in [2.75, 3.05) is 42.6 Å². The van der Waals surface area contributed by atoms with E-state index in [1.807, 2.05) is 6.92 Å². The Kier molecular flexibility index (Phi) is 20.4. The number of nitrogens with zero attached hydrogens (tertiary/aromatic N) is 1. The van der Waals surface area contributed by atoms with Crippen molar-refractivity contribution in [3.8, 4) is 0 Å². The molecule has 2 aromatic rings. The summed E-state index contributed by atoms with van der Waals surface area (Å²) in [6.07, 6.45) is 0. The number of benzene rings is 2. The fraction of sp³-hybridized carbons (Fsp3) is 0.350. The number of hydrogen-bond donors (Lipinski definition) is 1. The number of carboxylic acid groups (broad SMARTS) is 1. The van der Waals surface area contributed by atoms with Crippen LogP contribution in [0.5, 0.6) is 0 Å². The minimum absolute atomic E-state index is 0. The van der Waals surface area contributed by atoms with E-state index in [9.17, 15) is 9.90 Å². The van der Waals surface area contributed by atoms with Crippen molar-refractivity contribution >= 4 is 87.8 Å². The number of anilines is 2. The van der Waals surface area contributed by atoms with Crippen molar-refractivity contribution in [2.45, 2.75) is 6.92 Å². The average molecular weight is 559 g/mol. The molecule has 0 aliphatic carbocycles. The predicted molar refractivity (Wildman–Crippen MR) is 131 cm³/mol. The first-order valence-electron chi connectivity index (χ1n) is 8.77. The van der Waals surface area contributed by atoms with Gasteiger partial charge in [-0.05, 0) is 24.6 Å². The van der Waals surface area contributed by atoms with Crippen LogP contribution >= 0.6 is 70.4 Å². The van der Waals surface area contributed by atoms with Gasteiger partial charge in [-0.2, -0.15) is 0 Å². The summed E-state index contributed by atoms with van der Waals surface area (Å²) in [5.74, 6) is 0.679. The van der Waals surface area contributed by atoms with Gasteiger partial charge in [-0.1, -0.05) is 47.5 Å². The summed E-state index contributed by atoms with van der Waals surface area (Å²) in [5.41, 5.74) is 1.77.